The van der Waals surface area contributed by atoms with Gasteiger partial charge in [-0.2, -0.15) is 0 Å². The molecular weight excluding hydrogens is 332 g/mol. The number of ether oxygens (including phenoxy) is 1. The minimum Gasteiger partial charge on any atom is -0.444 e. The van der Waals surface area contributed by atoms with Crippen molar-refractivity contribution in [3.63, 3.8) is 0 Å². The molecular formula is C16H25BrN2O2. The number of nitrogens with zero attached hydrogens (tertiary/aromatic N) is 1. The molecule has 0 fully saturated rings. The Kier molecular flexibility index (Phi) is 6.68. The Balaban J connectivity index is 2.54. The molecule has 0 aromatic heterocycles. The van der Waals surface area contributed by atoms with E-state index in [1.807, 2.05) is 47.0 Å². The number of alkyl carbamates (subject to hydrolysis) is 1. The van der Waals surface area contributed by atoms with Crippen LogP contribution in [-0.2, 0) is 11.2 Å². The van der Waals surface area contributed by atoms with Crippen molar-refractivity contribution in [3.05, 3.63) is 34.3 Å². The van der Waals surface area contributed by atoms with Crippen molar-refractivity contribution in [1.82, 2.24) is 10.2 Å². The first-order valence-corrected chi connectivity index (χ1v) is 7.84. The summed E-state index contributed by atoms with van der Waals surface area (Å²) in [6.07, 6.45) is 0.501. The fourth-order valence-corrected chi connectivity index (χ4v) is 2.11. The number of likely N-dealkylation sites (N-methyl/N-ethyl adjacent to an activating group) is 1. The molecule has 1 N–H and O–H groups in total. The van der Waals surface area contributed by atoms with Gasteiger partial charge in [0.2, 0.25) is 0 Å². The van der Waals surface area contributed by atoms with Crippen LogP contribution in [0.15, 0.2) is 28.7 Å². The van der Waals surface area contributed by atoms with E-state index in [9.17, 15) is 4.79 Å². The van der Waals surface area contributed by atoms with Crippen LogP contribution in [0.2, 0.25) is 0 Å². The summed E-state index contributed by atoms with van der Waals surface area (Å²) in [5, 5.41) is 2.84. The summed E-state index contributed by atoms with van der Waals surface area (Å²) in [5.41, 5.74) is 0.770. The predicted molar refractivity (Wildman–Crippen MR) is 89.6 cm³/mol. The minimum atomic E-state index is -0.469. The summed E-state index contributed by atoms with van der Waals surface area (Å²) in [7, 11) is 4.03. The number of hydrogen-bond acceptors (Lipinski definition) is 3. The lowest BCUT2D eigenvalue weighted by Crippen LogP contribution is -2.43. The molecule has 0 spiro atoms. The van der Waals surface area contributed by atoms with Gasteiger partial charge >= 0.3 is 6.09 Å². The lowest BCUT2D eigenvalue weighted by atomic mass is 10.1. The molecule has 5 heteroatoms. The number of benzene rings is 1. The van der Waals surface area contributed by atoms with E-state index in [2.05, 4.69) is 38.3 Å². The van der Waals surface area contributed by atoms with E-state index in [0.717, 1.165) is 10.9 Å². The summed E-state index contributed by atoms with van der Waals surface area (Å²) >= 11 is 3.43. The van der Waals surface area contributed by atoms with Gasteiger partial charge in [0.1, 0.15) is 5.60 Å². The zero-order valence-electron chi connectivity index (χ0n) is 13.4. The third kappa shape index (κ3) is 7.48. The van der Waals surface area contributed by atoms with Gasteiger partial charge in [0, 0.05) is 17.1 Å². The number of hydrogen-bond donors (Lipinski definition) is 1. The molecule has 1 aromatic rings. The summed E-state index contributed by atoms with van der Waals surface area (Å²) in [5.74, 6) is 0. The number of carbonyl (C=O) groups excluding carboxylic acids is 1. The highest BCUT2D eigenvalue weighted by Crippen LogP contribution is 2.13. The second-order valence-corrected chi connectivity index (χ2v) is 7.25. The Morgan fingerprint density at radius 1 is 1.29 bits per heavy atom. The molecule has 21 heavy (non-hydrogen) atoms. The van der Waals surface area contributed by atoms with Gasteiger partial charge in [-0.15, -0.1) is 0 Å². The van der Waals surface area contributed by atoms with E-state index in [-0.39, 0.29) is 12.1 Å². The van der Waals surface area contributed by atoms with Crippen molar-refractivity contribution in [2.75, 3.05) is 20.6 Å². The third-order valence-electron chi connectivity index (χ3n) is 3.00. The molecule has 0 bridgehead atoms. The van der Waals surface area contributed by atoms with E-state index in [0.29, 0.717) is 6.54 Å². The van der Waals surface area contributed by atoms with Crippen LogP contribution in [0.5, 0.6) is 0 Å². The lowest BCUT2D eigenvalue weighted by molar-refractivity contribution is 0.0514. The molecule has 0 aliphatic heterocycles. The molecule has 0 heterocycles. The predicted octanol–water partition coefficient (Wildman–Crippen LogP) is 3.45. The van der Waals surface area contributed by atoms with Crippen molar-refractivity contribution in [2.24, 2.45) is 0 Å². The summed E-state index contributed by atoms with van der Waals surface area (Å²) in [6, 6.07) is 8.47. The first kappa shape index (κ1) is 18.0. The number of amides is 1. The second-order valence-electron chi connectivity index (χ2n) is 6.33. The number of halogens is 1. The van der Waals surface area contributed by atoms with Crippen LogP contribution in [0.1, 0.15) is 26.3 Å². The molecule has 1 rings (SSSR count). The van der Waals surface area contributed by atoms with Gasteiger partial charge in [0.25, 0.3) is 0 Å². The summed E-state index contributed by atoms with van der Waals surface area (Å²) < 4.78 is 6.33. The lowest BCUT2D eigenvalue weighted by Gasteiger charge is -2.26. The number of rotatable bonds is 5. The smallest absolute Gasteiger partial charge is 0.407 e. The Morgan fingerprint density at radius 2 is 1.86 bits per heavy atom. The van der Waals surface area contributed by atoms with Crippen LogP contribution in [0.4, 0.5) is 4.79 Å². The molecule has 4 nitrogen and oxygen atoms in total. The highest BCUT2D eigenvalue weighted by molar-refractivity contribution is 9.10. The topological polar surface area (TPSA) is 41.6 Å². The van der Waals surface area contributed by atoms with Gasteiger partial charge in [-0.3, -0.25) is 0 Å². The van der Waals surface area contributed by atoms with Gasteiger partial charge in [-0.25, -0.2) is 4.79 Å². The van der Waals surface area contributed by atoms with Crippen molar-refractivity contribution in [3.8, 4) is 0 Å². The van der Waals surface area contributed by atoms with Crippen molar-refractivity contribution < 1.29 is 9.53 Å². The number of nitrogens with one attached hydrogen (secondary N) is 1. The Bertz CT molecular complexity index is 452. The zero-order valence-corrected chi connectivity index (χ0v) is 15.0. The normalized spacial score (nSPS) is 13.1. The summed E-state index contributed by atoms with van der Waals surface area (Å²) in [4.78, 5) is 13.8. The largest absolute Gasteiger partial charge is 0.444 e. The third-order valence-corrected chi connectivity index (χ3v) is 3.52. The highest BCUT2D eigenvalue weighted by atomic mass is 79.9. The van der Waals surface area contributed by atoms with Crippen LogP contribution in [0.25, 0.3) is 0 Å². The average molecular weight is 357 g/mol. The molecule has 0 aliphatic rings. The van der Waals surface area contributed by atoms with E-state index in [1.165, 1.54) is 5.56 Å². The van der Waals surface area contributed by atoms with Crippen LogP contribution >= 0.6 is 15.9 Å². The van der Waals surface area contributed by atoms with E-state index in [4.69, 9.17) is 4.74 Å². The highest BCUT2D eigenvalue weighted by Gasteiger charge is 2.18. The van der Waals surface area contributed by atoms with Gasteiger partial charge in [-0.05, 0) is 59.0 Å². The maximum Gasteiger partial charge on any atom is 0.407 e. The van der Waals surface area contributed by atoms with Crippen LogP contribution in [0.3, 0.4) is 0 Å². The molecule has 0 saturated heterocycles. The second kappa shape index (κ2) is 7.80. The molecule has 1 atom stereocenters. The maximum atomic E-state index is 11.7. The first-order valence-electron chi connectivity index (χ1n) is 7.05. The minimum absolute atomic E-state index is 0.221. The molecule has 1 aromatic carbocycles. The van der Waals surface area contributed by atoms with Gasteiger partial charge in [0.15, 0.2) is 0 Å². The average Bonchev–Trinajstić information content (AvgIpc) is 2.34. The van der Waals surface area contributed by atoms with Crippen LogP contribution in [-0.4, -0.2) is 43.3 Å². The first-order chi connectivity index (χ1) is 9.67. The van der Waals surface area contributed by atoms with Crippen molar-refractivity contribution in [1.29, 1.82) is 0 Å². The molecule has 0 saturated carbocycles. The van der Waals surface area contributed by atoms with E-state index < -0.39 is 5.60 Å². The number of carbonyl (C=O) groups is 1. The zero-order chi connectivity index (χ0) is 16.0. The van der Waals surface area contributed by atoms with Gasteiger partial charge in [0.05, 0.1) is 0 Å². The Labute approximate surface area is 136 Å². The summed E-state index contributed by atoms with van der Waals surface area (Å²) in [6.45, 7) is 6.13. The fourth-order valence-electron chi connectivity index (χ4n) is 1.85. The SMILES string of the molecule is CN(C)C(CNC(=O)OC(C)(C)C)Cc1ccc(Br)cc1. The van der Waals surface area contributed by atoms with Crippen molar-refractivity contribution >= 4 is 22.0 Å². The van der Waals surface area contributed by atoms with Crippen LogP contribution < -0.4 is 5.32 Å². The molecule has 118 valence electrons. The van der Waals surface area contributed by atoms with Gasteiger partial charge in [-0.1, -0.05) is 28.1 Å². The quantitative estimate of drug-likeness (QED) is 0.878. The molecule has 0 radical (unpaired) electrons. The molecule has 1 unspecified atom stereocenters. The Hall–Kier alpha value is -1.07. The van der Waals surface area contributed by atoms with Crippen molar-refractivity contribution in [2.45, 2.75) is 38.8 Å². The standard InChI is InChI=1S/C16H25BrN2O2/c1-16(2,3)21-15(20)18-11-14(19(4)5)10-12-6-8-13(17)9-7-12/h6-9,14H,10-11H2,1-5H3,(H,18,20). The van der Waals surface area contributed by atoms with Gasteiger partial charge < -0.3 is 15.0 Å². The fraction of sp³-hybridized carbons (Fsp3) is 0.562. The van der Waals surface area contributed by atoms with Crippen LogP contribution in [0, 0.1) is 0 Å². The maximum absolute atomic E-state index is 11.7. The Morgan fingerprint density at radius 3 is 2.33 bits per heavy atom. The van der Waals surface area contributed by atoms with E-state index in [1.54, 1.807) is 0 Å². The monoisotopic (exact) mass is 356 g/mol. The molecule has 1 amide bonds. The molecule has 0 aliphatic carbocycles. The van der Waals surface area contributed by atoms with E-state index >= 15 is 0 Å².